The fourth-order valence-electron chi connectivity index (χ4n) is 2.15. The highest BCUT2D eigenvalue weighted by Crippen LogP contribution is 2.36. The van der Waals surface area contributed by atoms with E-state index < -0.39 is 18.3 Å². The molecular formula is C16H17ClF4N2. The van der Waals surface area contributed by atoms with Gasteiger partial charge in [-0.05, 0) is 36.6 Å². The molecule has 1 rings (SSSR count). The predicted molar refractivity (Wildman–Crippen MR) is 83.0 cm³/mol. The number of rotatable bonds is 7. The van der Waals surface area contributed by atoms with Gasteiger partial charge in [0.25, 0.3) is 0 Å². The first-order valence-electron chi connectivity index (χ1n) is 6.89. The lowest BCUT2D eigenvalue weighted by Crippen LogP contribution is -2.36. The van der Waals surface area contributed by atoms with Crippen molar-refractivity contribution >= 4 is 16.9 Å². The van der Waals surface area contributed by atoms with E-state index in [-0.39, 0.29) is 24.3 Å². The molecule has 23 heavy (non-hydrogen) atoms. The van der Waals surface area contributed by atoms with Gasteiger partial charge in [-0.3, -0.25) is 5.41 Å². The molecule has 0 bridgehead atoms. The van der Waals surface area contributed by atoms with Crippen LogP contribution in [0.5, 0.6) is 0 Å². The summed E-state index contributed by atoms with van der Waals surface area (Å²) in [7, 11) is 0. The van der Waals surface area contributed by atoms with Crippen LogP contribution in [-0.4, -0.2) is 35.1 Å². The van der Waals surface area contributed by atoms with E-state index in [1.165, 1.54) is 4.90 Å². The van der Waals surface area contributed by atoms with Gasteiger partial charge in [0.2, 0.25) is 0 Å². The summed E-state index contributed by atoms with van der Waals surface area (Å²) in [5.41, 5.74) is 3.91. The minimum Gasteiger partial charge on any atom is -0.329 e. The van der Waals surface area contributed by atoms with E-state index in [0.717, 1.165) is 6.92 Å². The third kappa shape index (κ3) is 4.63. The number of halogens is 5. The van der Waals surface area contributed by atoms with Gasteiger partial charge in [0.15, 0.2) is 5.29 Å². The summed E-state index contributed by atoms with van der Waals surface area (Å²) in [5, 5.41) is 7.24. The van der Waals surface area contributed by atoms with Crippen LogP contribution < -0.4 is 0 Å². The molecule has 0 aliphatic heterocycles. The van der Waals surface area contributed by atoms with Gasteiger partial charge in [0.1, 0.15) is 0 Å². The maximum Gasteiger partial charge on any atom is 0.310 e. The van der Waals surface area contributed by atoms with Crippen LogP contribution in [0, 0.1) is 23.7 Å². The molecule has 2 atom stereocenters. The van der Waals surface area contributed by atoms with Crippen LogP contribution in [-0.2, 0) is 0 Å². The van der Waals surface area contributed by atoms with Crippen molar-refractivity contribution in [1.29, 1.82) is 5.41 Å². The number of nitrogens with one attached hydrogen (secondary N) is 1. The Morgan fingerprint density at radius 3 is 2.52 bits per heavy atom. The lowest BCUT2D eigenvalue weighted by molar-refractivity contribution is -0.160. The Bertz CT molecular complexity index is 598. The second kappa shape index (κ2) is 7.72. The second-order valence-corrected chi connectivity index (χ2v) is 5.68. The number of terminal acetylenes is 1. The number of nitrogens with zero attached hydrogens (tertiary/aromatic N) is 1. The van der Waals surface area contributed by atoms with Gasteiger partial charge in [0, 0.05) is 11.5 Å². The standard InChI is InChI=1S/C16H17ClF4N2/c1-4-7-23(15(17)22)11(3)13-6-5-12(9-13)8-10(2)16(20,21)14(18)19/h1,5-6,10-11,14,22H,7-8H2,2-3H3. The molecule has 7 heteroatoms. The van der Waals surface area contributed by atoms with Gasteiger partial charge >= 0.3 is 12.3 Å². The molecule has 0 saturated carbocycles. The summed E-state index contributed by atoms with van der Waals surface area (Å²) < 4.78 is 51.3. The maximum atomic E-state index is 13.3. The van der Waals surface area contributed by atoms with E-state index in [0.29, 0.717) is 11.1 Å². The minimum absolute atomic E-state index is 0.109. The van der Waals surface area contributed by atoms with E-state index in [1.54, 1.807) is 19.1 Å². The Balaban J connectivity index is 2.93. The molecule has 2 unspecified atom stereocenters. The summed E-state index contributed by atoms with van der Waals surface area (Å²) >= 11 is 5.67. The SMILES string of the molecule is C#CCN(C(=N)Cl)C(C)C1=C=C(CC(C)C(F)(F)C(F)F)C=C1. The number of allylic oxidation sites excluding steroid dienone is 1. The first kappa shape index (κ1) is 19.3. The molecule has 0 radical (unpaired) electrons. The highest BCUT2D eigenvalue weighted by atomic mass is 35.5. The van der Waals surface area contributed by atoms with Crippen molar-refractivity contribution < 1.29 is 17.6 Å². The summed E-state index contributed by atoms with van der Waals surface area (Å²) in [5.74, 6) is -3.19. The van der Waals surface area contributed by atoms with Crippen molar-refractivity contribution in [2.45, 2.75) is 38.7 Å². The van der Waals surface area contributed by atoms with Crippen LogP contribution in [0.4, 0.5) is 17.6 Å². The summed E-state index contributed by atoms with van der Waals surface area (Å²) in [4.78, 5) is 1.42. The van der Waals surface area contributed by atoms with Crippen LogP contribution in [0.15, 0.2) is 29.0 Å². The first-order valence-corrected chi connectivity index (χ1v) is 7.26. The fourth-order valence-corrected chi connectivity index (χ4v) is 2.35. The van der Waals surface area contributed by atoms with Crippen molar-refractivity contribution in [2.75, 3.05) is 6.54 Å². The molecule has 1 N–H and O–H groups in total. The van der Waals surface area contributed by atoms with Crippen molar-refractivity contribution in [1.82, 2.24) is 4.90 Å². The number of amidine groups is 1. The molecule has 0 saturated heterocycles. The largest absolute Gasteiger partial charge is 0.329 e. The van der Waals surface area contributed by atoms with E-state index in [9.17, 15) is 17.6 Å². The van der Waals surface area contributed by atoms with Crippen molar-refractivity contribution in [3.05, 3.63) is 29.0 Å². The maximum absolute atomic E-state index is 13.3. The zero-order valence-corrected chi connectivity index (χ0v) is 13.5. The quantitative estimate of drug-likeness (QED) is 0.181. The number of alkyl halides is 4. The van der Waals surface area contributed by atoms with Gasteiger partial charge < -0.3 is 4.90 Å². The van der Waals surface area contributed by atoms with Gasteiger partial charge in [-0.25, -0.2) is 8.78 Å². The lowest BCUT2D eigenvalue weighted by atomic mass is 9.96. The van der Waals surface area contributed by atoms with Crippen LogP contribution >= 0.6 is 11.6 Å². The average molecular weight is 349 g/mol. The highest BCUT2D eigenvalue weighted by Gasteiger charge is 2.46. The number of hydrogen-bond acceptors (Lipinski definition) is 1. The lowest BCUT2D eigenvalue weighted by Gasteiger charge is -2.26. The zero-order valence-electron chi connectivity index (χ0n) is 12.7. The molecule has 0 spiro atoms. The molecule has 0 heterocycles. The molecule has 126 valence electrons. The number of hydrogen-bond donors (Lipinski definition) is 1. The monoisotopic (exact) mass is 348 g/mol. The third-order valence-electron chi connectivity index (χ3n) is 3.67. The van der Waals surface area contributed by atoms with Gasteiger partial charge in [-0.2, -0.15) is 8.78 Å². The molecule has 0 amide bonds. The van der Waals surface area contributed by atoms with Gasteiger partial charge in [-0.1, -0.05) is 18.9 Å². The average Bonchev–Trinajstić information content (AvgIpc) is 2.91. The fraction of sp³-hybridized carbons (Fsp3) is 0.500. The highest BCUT2D eigenvalue weighted by molar-refractivity contribution is 6.63. The normalized spacial score (nSPS) is 16.7. The Morgan fingerprint density at radius 2 is 2.04 bits per heavy atom. The van der Waals surface area contributed by atoms with Crippen LogP contribution in [0.2, 0.25) is 0 Å². The van der Waals surface area contributed by atoms with Gasteiger partial charge in [-0.15, -0.1) is 12.2 Å². The van der Waals surface area contributed by atoms with Crippen LogP contribution in [0.3, 0.4) is 0 Å². The topological polar surface area (TPSA) is 27.1 Å². The Kier molecular flexibility index (Phi) is 6.49. The predicted octanol–water partition coefficient (Wildman–Crippen LogP) is 4.43. The van der Waals surface area contributed by atoms with E-state index >= 15 is 0 Å². The summed E-state index contributed by atoms with van der Waals surface area (Å²) in [6.07, 6.45) is 4.48. The molecule has 1 aliphatic rings. The molecule has 0 fully saturated rings. The van der Waals surface area contributed by atoms with Gasteiger partial charge in [0.05, 0.1) is 12.6 Å². The smallest absolute Gasteiger partial charge is 0.310 e. The first-order chi connectivity index (χ1) is 10.6. The Labute approximate surface area is 138 Å². The molecule has 1 aliphatic carbocycles. The Morgan fingerprint density at radius 1 is 1.43 bits per heavy atom. The zero-order chi connectivity index (χ0) is 17.8. The second-order valence-electron chi connectivity index (χ2n) is 5.32. The van der Waals surface area contributed by atoms with Crippen molar-refractivity contribution in [3.63, 3.8) is 0 Å². The van der Waals surface area contributed by atoms with Crippen LogP contribution in [0.1, 0.15) is 20.3 Å². The molecule has 2 nitrogen and oxygen atoms in total. The van der Waals surface area contributed by atoms with Crippen molar-refractivity contribution in [2.24, 2.45) is 5.92 Å². The van der Waals surface area contributed by atoms with E-state index in [4.69, 9.17) is 23.4 Å². The van der Waals surface area contributed by atoms with Crippen molar-refractivity contribution in [3.8, 4) is 12.3 Å². The Hall–Kier alpha value is -1.70. The van der Waals surface area contributed by atoms with E-state index in [2.05, 4.69) is 11.7 Å². The van der Waals surface area contributed by atoms with E-state index in [1.807, 2.05) is 0 Å². The molecule has 0 aromatic heterocycles. The minimum atomic E-state index is -4.05. The third-order valence-corrected chi connectivity index (χ3v) is 3.89. The molecular weight excluding hydrogens is 332 g/mol. The summed E-state index contributed by atoms with van der Waals surface area (Å²) in [6, 6.07) is -0.379. The van der Waals surface area contributed by atoms with Crippen LogP contribution in [0.25, 0.3) is 0 Å². The molecule has 0 aromatic rings. The molecule has 0 aromatic carbocycles. The summed E-state index contributed by atoms with van der Waals surface area (Å²) in [6.45, 7) is 2.92.